The predicted molar refractivity (Wildman–Crippen MR) is 338 cm³/mol. The summed E-state index contributed by atoms with van der Waals surface area (Å²) in [5.74, 6) is -1.40. The van der Waals surface area contributed by atoms with Gasteiger partial charge in [-0.2, -0.15) is 13.0 Å². The minimum atomic E-state index is -4.66. The number of aromatic nitrogens is 2. The summed E-state index contributed by atoms with van der Waals surface area (Å²) in [6, 6.07) is 22.4. The molecule has 6 aromatic rings. The molecule has 6 N–H and O–H groups in total. The van der Waals surface area contributed by atoms with Crippen molar-refractivity contribution in [1.29, 1.82) is 0 Å². The lowest BCUT2D eigenvalue weighted by Gasteiger charge is -2.30. The van der Waals surface area contributed by atoms with E-state index in [0.717, 1.165) is 28.3 Å². The van der Waals surface area contributed by atoms with E-state index in [1.807, 2.05) is 65.0 Å². The molecule has 0 radical (unpaired) electrons. The zero-order valence-electron chi connectivity index (χ0n) is 50.2. The summed E-state index contributed by atoms with van der Waals surface area (Å²) in [6.45, 7) is 11.4. The third kappa shape index (κ3) is 13.7. The predicted octanol–water partition coefficient (Wildman–Crippen LogP) is 10.1. The molecule has 2 atom stereocenters. The van der Waals surface area contributed by atoms with Crippen LogP contribution in [-0.2, 0) is 47.2 Å². The molecular formula is C65H69ClFN9O11S2. The van der Waals surface area contributed by atoms with Crippen LogP contribution < -0.4 is 36.1 Å². The number of carbonyl (C=O) groups excluding carboxylic acids is 3. The molecule has 3 aliphatic heterocycles. The Morgan fingerprint density at radius 1 is 0.899 bits per heavy atom. The van der Waals surface area contributed by atoms with Gasteiger partial charge in [0.25, 0.3) is 16.0 Å². The highest BCUT2D eigenvalue weighted by Crippen LogP contribution is 2.51. The Morgan fingerprint density at radius 3 is 2.36 bits per heavy atom. The van der Waals surface area contributed by atoms with E-state index in [0.29, 0.717) is 88.9 Å². The Bertz CT molecular complexity index is 4210. The average molecular weight is 1270 g/mol. The quantitative estimate of drug-likeness (QED) is 0.0163. The van der Waals surface area contributed by atoms with E-state index in [1.54, 1.807) is 60.8 Å². The molecule has 24 heteroatoms. The van der Waals surface area contributed by atoms with Crippen LogP contribution in [0.1, 0.15) is 111 Å². The summed E-state index contributed by atoms with van der Waals surface area (Å²) in [7, 11) is -6.35. The fourth-order valence-corrected chi connectivity index (χ4v) is 13.1. The molecule has 3 amide bonds. The number of aliphatic imine (C=N–C) groups is 1. The van der Waals surface area contributed by atoms with E-state index in [9.17, 15) is 40.3 Å². The molecule has 1 unspecified atom stereocenters. The maximum atomic E-state index is 15.4. The SMILES string of the molecule is CCN1/C(=C/C=C/C=C/C2=[N+](CC)c3ccc(S(=O)(=O)[O-])cc3C2(C)C)C(C)(CCCC(=O)NCCCC[C@@H](NC(=O)c2ccc(Nc3ncc4c(n3)-c3ccc(Cl)cc3C(c3c(F)cccc3OC)=NC4)cc2OC)C(N)=O)c2cc(S(=O)(=O)O)ccc21. The summed E-state index contributed by atoms with van der Waals surface area (Å²) >= 11 is 6.48. The van der Waals surface area contributed by atoms with E-state index in [2.05, 4.69) is 30.4 Å². The molecule has 1 aromatic heterocycles. The van der Waals surface area contributed by atoms with Crippen LogP contribution in [0.5, 0.6) is 11.5 Å². The number of methoxy groups -OCH3 is 2. The van der Waals surface area contributed by atoms with Gasteiger partial charge in [0.15, 0.2) is 5.71 Å². The second-order valence-electron chi connectivity index (χ2n) is 22.3. The zero-order chi connectivity index (χ0) is 64.2. The third-order valence-electron chi connectivity index (χ3n) is 16.4. The first kappa shape index (κ1) is 64.9. The van der Waals surface area contributed by atoms with Crippen molar-refractivity contribution in [2.24, 2.45) is 10.7 Å². The number of amides is 3. The molecule has 0 spiro atoms. The number of primary amides is 1. The van der Waals surface area contributed by atoms with Crippen LogP contribution >= 0.6 is 11.6 Å². The summed E-state index contributed by atoms with van der Waals surface area (Å²) < 4.78 is 99.3. The number of nitrogens with one attached hydrogen (secondary N) is 3. The third-order valence-corrected chi connectivity index (χ3v) is 18.3. The van der Waals surface area contributed by atoms with Crippen LogP contribution in [0.25, 0.3) is 11.3 Å². The van der Waals surface area contributed by atoms with Gasteiger partial charge in [-0.25, -0.2) is 22.8 Å². The van der Waals surface area contributed by atoms with Gasteiger partial charge in [0.1, 0.15) is 40.0 Å². The lowest BCUT2D eigenvalue weighted by atomic mass is 9.77. The molecule has 20 nitrogen and oxygen atoms in total. The summed E-state index contributed by atoms with van der Waals surface area (Å²) in [4.78, 5) is 55.4. The highest BCUT2D eigenvalue weighted by Gasteiger charge is 2.45. The van der Waals surface area contributed by atoms with Crippen molar-refractivity contribution in [3.63, 3.8) is 0 Å². The molecule has 0 saturated carbocycles. The Labute approximate surface area is 522 Å². The van der Waals surface area contributed by atoms with E-state index in [4.69, 9.17) is 36.8 Å². The Morgan fingerprint density at radius 2 is 1.65 bits per heavy atom. The van der Waals surface area contributed by atoms with Gasteiger partial charge < -0.3 is 40.6 Å². The highest BCUT2D eigenvalue weighted by molar-refractivity contribution is 7.86. The number of anilines is 3. The number of carbonyl (C=O) groups is 3. The van der Waals surface area contributed by atoms with Gasteiger partial charge in [-0.15, -0.1) is 0 Å². The molecule has 0 aliphatic carbocycles. The molecule has 0 bridgehead atoms. The first-order valence-corrected chi connectivity index (χ1v) is 32.1. The number of nitrogens with zero attached hydrogens (tertiary/aromatic N) is 5. The molecule has 4 heterocycles. The topological polar surface area (TPSA) is 288 Å². The van der Waals surface area contributed by atoms with Gasteiger partial charge in [0.2, 0.25) is 23.5 Å². The van der Waals surface area contributed by atoms with Gasteiger partial charge in [-0.3, -0.25) is 23.9 Å². The first-order chi connectivity index (χ1) is 42.3. The van der Waals surface area contributed by atoms with Crippen molar-refractivity contribution in [3.05, 3.63) is 177 Å². The molecular weight excluding hydrogens is 1200 g/mol. The fraction of sp³-hybridized carbons (Fsp3) is 0.308. The van der Waals surface area contributed by atoms with E-state index < -0.39 is 54.7 Å². The minimum Gasteiger partial charge on any atom is -0.744 e. The van der Waals surface area contributed by atoms with Crippen LogP contribution in [0.2, 0.25) is 5.02 Å². The van der Waals surface area contributed by atoms with Crippen LogP contribution in [0.15, 0.2) is 148 Å². The van der Waals surface area contributed by atoms with Crippen molar-refractivity contribution < 1.29 is 58.8 Å². The number of fused-ring (bicyclic) bond motifs is 5. The summed E-state index contributed by atoms with van der Waals surface area (Å²) in [5, 5.41) is 9.25. The Hall–Kier alpha value is -8.61. The Balaban J connectivity index is 0.801. The maximum absolute atomic E-state index is 15.4. The van der Waals surface area contributed by atoms with Crippen molar-refractivity contribution in [3.8, 4) is 22.8 Å². The van der Waals surface area contributed by atoms with Gasteiger partial charge in [0.05, 0.1) is 58.5 Å². The van der Waals surface area contributed by atoms with Gasteiger partial charge in [-0.05, 0) is 145 Å². The number of allylic oxidation sites excluding steroid dienone is 6. The van der Waals surface area contributed by atoms with Crippen molar-refractivity contribution >= 4 is 84.0 Å². The van der Waals surface area contributed by atoms with Crippen molar-refractivity contribution in [2.75, 3.05) is 44.1 Å². The number of halogens is 2. The monoisotopic (exact) mass is 1270 g/mol. The van der Waals surface area contributed by atoms with Gasteiger partial charge in [0, 0.05) is 93.7 Å². The molecule has 466 valence electrons. The number of likely N-dealkylation sites (N-methyl/N-ethyl adjacent to an activating group) is 1. The van der Waals surface area contributed by atoms with Crippen LogP contribution in [0, 0.1) is 5.82 Å². The normalized spacial score (nSPS) is 16.8. The first-order valence-electron chi connectivity index (χ1n) is 28.9. The smallest absolute Gasteiger partial charge is 0.294 e. The molecule has 0 fully saturated rings. The number of rotatable bonds is 24. The minimum absolute atomic E-state index is 0.127. The summed E-state index contributed by atoms with van der Waals surface area (Å²) in [6.07, 6.45) is 13.2. The largest absolute Gasteiger partial charge is 0.744 e. The van der Waals surface area contributed by atoms with E-state index in [1.165, 1.54) is 50.6 Å². The summed E-state index contributed by atoms with van der Waals surface area (Å²) in [5.41, 5.74) is 12.6. The second-order valence-corrected chi connectivity index (χ2v) is 25.6. The standard InChI is InChI=1S/C65H69ClFN9O11S2/c1-8-75-51-29-25-42(88(80,81)82)35-47(51)64(3,4)55(75)20-11-10-12-21-56-65(5,48-36-43(89(83,84)85)26-30-52(48)76(56)9-2)31-16-22-57(77)69-32-14-13-18-50(61(68)78)73-62(79)45-28-24-41(34-54(45)87-7)72-63-71-38-39-37-70-60(58-49(67)17-15-19-53(58)86-6)46-33-40(66)23-27-44(46)59(39)74-63/h10-12,15,17,19-21,23-30,33-36,38,50H,8-9,13-14,16,18,22,31-32,37H2,1-7H3,(H6-,68,69,71,72,73,74,77,78,79,80,81,82,83,84,85)/t50-,65?/m1/s1. The average Bonchev–Trinajstić information content (AvgIpc) is 1.70. The molecule has 0 saturated heterocycles. The highest BCUT2D eigenvalue weighted by atomic mass is 35.5. The van der Waals surface area contributed by atoms with Crippen LogP contribution in [0.4, 0.5) is 27.4 Å². The van der Waals surface area contributed by atoms with Crippen LogP contribution in [0.3, 0.4) is 0 Å². The second kappa shape index (κ2) is 26.6. The van der Waals surface area contributed by atoms with Gasteiger partial charge in [-0.1, -0.05) is 42.0 Å². The number of benzene rings is 5. The molecule has 5 aromatic carbocycles. The number of hydrogen-bond acceptors (Lipinski definition) is 15. The van der Waals surface area contributed by atoms with Crippen LogP contribution in [-0.4, -0.2) is 110 Å². The zero-order valence-corrected chi connectivity index (χ0v) is 52.6. The fourth-order valence-electron chi connectivity index (χ4n) is 11.9. The molecule has 9 rings (SSSR count). The Kier molecular flexibility index (Phi) is 19.4. The number of hydrogen-bond donors (Lipinski definition) is 5. The molecule has 3 aliphatic rings. The van der Waals surface area contributed by atoms with Gasteiger partial charge >= 0.3 is 0 Å². The maximum Gasteiger partial charge on any atom is 0.294 e. The van der Waals surface area contributed by atoms with Crippen molar-refractivity contribution in [2.45, 2.75) is 106 Å². The van der Waals surface area contributed by atoms with Crippen molar-refractivity contribution in [1.82, 2.24) is 20.6 Å². The lowest BCUT2D eigenvalue weighted by Crippen LogP contribution is -2.44. The lowest BCUT2D eigenvalue weighted by molar-refractivity contribution is -0.433. The molecule has 89 heavy (non-hydrogen) atoms. The number of unbranched alkanes of at least 4 members (excludes halogenated alkanes) is 1. The van der Waals surface area contributed by atoms with E-state index >= 15 is 4.39 Å². The van der Waals surface area contributed by atoms with E-state index in [-0.39, 0.29) is 64.5 Å². The number of ether oxygens (including phenoxy) is 2. The number of nitrogens with two attached hydrogens (primary N) is 1.